The Morgan fingerprint density at radius 3 is 2.50 bits per heavy atom. The quantitative estimate of drug-likeness (QED) is 0.674. The number of ether oxygens (including phenoxy) is 1. The van der Waals surface area contributed by atoms with Crippen molar-refractivity contribution in [3.05, 3.63) is 47.0 Å². The Morgan fingerprint density at radius 1 is 1.15 bits per heavy atom. The number of sulfonamides is 1. The summed E-state index contributed by atoms with van der Waals surface area (Å²) in [5.41, 5.74) is 4.85. The van der Waals surface area contributed by atoms with Gasteiger partial charge >= 0.3 is 6.03 Å². The van der Waals surface area contributed by atoms with Crippen molar-refractivity contribution in [1.82, 2.24) is 5.32 Å². The van der Waals surface area contributed by atoms with E-state index < -0.39 is 16.1 Å². The maximum absolute atomic E-state index is 12.6. The number of hydrogen-bond acceptors (Lipinski definition) is 6. The average molecular weight is 485 g/mol. The SMILES string of the molecule is COc1c(C2=Nc3cc(NS(C)(=O)=O)ccc3C2)cc(N2CCC(=O)NC2=O)cc1C(C)(C)C. The van der Waals surface area contributed by atoms with Gasteiger partial charge in [0.2, 0.25) is 15.9 Å². The third kappa shape index (κ3) is 4.77. The highest BCUT2D eigenvalue weighted by atomic mass is 32.2. The molecule has 0 aromatic heterocycles. The monoisotopic (exact) mass is 484 g/mol. The molecule has 3 amide bonds. The normalized spacial score (nSPS) is 16.1. The molecule has 0 unspecified atom stereocenters. The highest BCUT2D eigenvalue weighted by molar-refractivity contribution is 7.92. The number of carbonyl (C=O) groups is 2. The number of carbonyl (C=O) groups excluding carboxylic acids is 2. The van der Waals surface area contributed by atoms with E-state index in [2.05, 4.69) is 30.8 Å². The zero-order valence-electron chi connectivity index (χ0n) is 19.9. The summed E-state index contributed by atoms with van der Waals surface area (Å²) < 4.78 is 31.6. The van der Waals surface area contributed by atoms with Gasteiger partial charge in [0.15, 0.2) is 0 Å². The molecule has 0 atom stereocenters. The summed E-state index contributed by atoms with van der Waals surface area (Å²) in [5, 5.41) is 2.37. The lowest BCUT2D eigenvalue weighted by Gasteiger charge is -2.30. The Hall–Kier alpha value is -3.40. The molecule has 0 spiro atoms. The number of aliphatic imine (C=N–C) groups is 1. The minimum atomic E-state index is -3.41. The molecule has 1 saturated heterocycles. The van der Waals surface area contributed by atoms with Crippen molar-refractivity contribution in [1.29, 1.82) is 0 Å². The van der Waals surface area contributed by atoms with Gasteiger partial charge in [-0.15, -0.1) is 0 Å². The van der Waals surface area contributed by atoms with E-state index in [1.807, 2.05) is 18.2 Å². The Bertz CT molecular complexity index is 1330. The Kier molecular flexibility index (Phi) is 5.89. The molecule has 0 radical (unpaired) electrons. The molecule has 9 nitrogen and oxygen atoms in total. The molecule has 1 fully saturated rings. The fourth-order valence-electron chi connectivity index (χ4n) is 4.19. The molecular weight excluding hydrogens is 456 g/mol. The van der Waals surface area contributed by atoms with Gasteiger partial charge in [0.05, 0.1) is 30.5 Å². The van der Waals surface area contributed by atoms with Crippen molar-refractivity contribution in [2.24, 2.45) is 4.99 Å². The molecule has 2 aliphatic rings. The van der Waals surface area contributed by atoms with Crippen molar-refractivity contribution >= 4 is 44.7 Å². The smallest absolute Gasteiger partial charge is 0.328 e. The number of nitrogens with zero attached hydrogens (tertiary/aromatic N) is 2. The van der Waals surface area contributed by atoms with Crippen LogP contribution < -0.4 is 19.7 Å². The Balaban J connectivity index is 1.82. The highest BCUT2D eigenvalue weighted by Gasteiger charge is 2.31. The van der Waals surface area contributed by atoms with Crippen LogP contribution in [0.5, 0.6) is 5.75 Å². The number of urea groups is 1. The molecule has 2 heterocycles. The molecule has 2 N–H and O–H groups in total. The van der Waals surface area contributed by atoms with Crippen LogP contribution in [0.3, 0.4) is 0 Å². The van der Waals surface area contributed by atoms with Crippen LogP contribution in [0.2, 0.25) is 0 Å². The van der Waals surface area contributed by atoms with Crippen molar-refractivity contribution in [2.45, 2.75) is 39.0 Å². The summed E-state index contributed by atoms with van der Waals surface area (Å²) in [6.07, 6.45) is 1.85. The van der Waals surface area contributed by atoms with Crippen molar-refractivity contribution in [2.75, 3.05) is 29.5 Å². The standard InChI is InChI=1S/C24H28N4O5S/c1-24(2,3)18-13-16(28-9-8-21(29)26-23(28)30)12-17(22(18)33-4)20-10-14-6-7-15(11-19(14)25-20)27-34(5,31)32/h6-7,11-13,27H,8-10H2,1-5H3,(H,26,29,30). The van der Waals surface area contributed by atoms with Crippen molar-refractivity contribution in [3.8, 4) is 5.75 Å². The van der Waals surface area contributed by atoms with E-state index in [9.17, 15) is 18.0 Å². The van der Waals surface area contributed by atoms with Gasteiger partial charge in [-0.25, -0.2) is 13.2 Å². The molecule has 34 heavy (non-hydrogen) atoms. The predicted molar refractivity (Wildman–Crippen MR) is 132 cm³/mol. The Labute approximate surface area is 199 Å². The lowest BCUT2D eigenvalue weighted by atomic mass is 9.83. The summed E-state index contributed by atoms with van der Waals surface area (Å²) in [6.45, 7) is 6.47. The van der Waals surface area contributed by atoms with Crippen LogP contribution in [0.4, 0.5) is 21.9 Å². The van der Waals surface area contributed by atoms with E-state index in [1.54, 1.807) is 24.1 Å². The van der Waals surface area contributed by atoms with Crippen molar-refractivity contribution in [3.63, 3.8) is 0 Å². The molecular formula is C24H28N4O5S. The van der Waals surface area contributed by atoms with Gasteiger partial charge in [0.1, 0.15) is 5.75 Å². The van der Waals surface area contributed by atoms with Crippen LogP contribution >= 0.6 is 0 Å². The molecule has 4 rings (SSSR count). The molecule has 0 bridgehead atoms. The maximum Gasteiger partial charge on any atom is 0.328 e. The lowest BCUT2D eigenvalue weighted by Crippen LogP contribution is -2.49. The van der Waals surface area contributed by atoms with E-state index >= 15 is 0 Å². The van der Waals surface area contributed by atoms with Crippen LogP contribution in [0, 0.1) is 0 Å². The van der Waals surface area contributed by atoms with Gasteiger partial charge in [0, 0.05) is 36.2 Å². The van der Waals surface area contributed by atoms with Gasteiger partial charge in [0.25, 0.3) is 0 Å². The largest absolute Gasteiger partial charge is 0.496 e. The number of nitrogens with one attached hydrogen (secondary N) is 2. The molecule has 10 heteroatoms. The van der Waals surface area contributed by atoms with Gasteiger partial charge in [-0.3, -0.25) is 24.7 Å². The topological polar surface area (TPSA) is 117 Å². The summed E-state index contributed by atoms with van der Waals surface area (Å²) in [7, 11) is -1.80. The number of benzene rings is 2. The molecule has 180 valence electrons. The number of imide groups is 1. The number of rotatable bonds is 5. The maximum atomic E-state index is 12.6. The molecule has 2 aromatic rings. The zero-order chi connectivity index (χ0) is 24.8. The predicted octanol–water partition coefficient (Wildman–Crippen LogP) is 3.49. The third-order valence-corrected chi connectivity index (χ3v) is 6.37. The van der Waals surface area contributed by atoms with E-state index in [1.165, 1.54) is 0 Å². The second-order valence-corrected chi connectivity index (χ2v) is 11.3. The van der Waals surface area contributed by atoms with Gasteiger partial charge in [-0.1, -0.05) is 26.8 Å². The minimum absolute atomic E-state index is 0.223. The number of fused-ring (bicyclic) bond motifs is 1. The first kappa shape index (κ1) is 23.7. The third-order valence-electron chi connectivity index (χ3n) is 5.76. The van der Waals surface area contributed by atoms with E-state index in [-0.39, 0.29) is 24.3 Å². The Morgan fingerprint density at radius 2 is 1.88 bits per heavy atom. The average Bonchev–Trinajstić information content (AvgIpc) is 3.14. The van der Waals surface area contributed by atoms with Gasteiger partial charge in [-0.2, -0.15) is 0 Å². The first-order valence-electron chi connectivity index (χ1n) is 10.9. The molecule has 2 aliphatic heterocycles. The lowest BCUT2D eigenvalue weighted by molar-refractivity contribution is -0.120. The van der Waals surface area contributed by atoms with E-state index in [0.29, 0.717) is 29.2 Å². The van der Waals surface area contributed by atoms with E-state index in [4.69, 9.17) is 9.73 Å². The van der Waals surface area contributed by atoms with Gasteiger partial charge in [-0.05, 0) is 35.2 Å². The number of methoxy groups -OCH3 is 1. The van der Waals surface area contributed by atoms with Crippen LogP contribution in [-0.2, 0) is 26.7 Å². The number of anilines is 2. The minimum Gasteiger partial charge on any atom is -0.496 e. The summed E-state index contributed by atoms with van der Waals surface area (Å²) in [4.78, 5) is 30.6. The number of hydrogen-bond donors (Lipinski definition) is 2. The molecule has 0 aliphatic carbocycles. The fourth-order valence-corrected chi connectivity index (χ4v) is 4.74. The highest BCUT2D eigenvalue weighted by Crippen LogP contribution is 2.41. The summed E-state index contributed by atoms with van der Waals surface area (Å²) in [6, 6.07) is 8.60. The van der Waals surface area contributed by atoms with Crippen molar-refractivity contribution < 1.29 is 22.7 Å². The van der Waals surface area contributed by atoms with E-state index in [0.717, 1.165) is 28.7 Å². The zero-order valence-corrected chi connectivity index (χ0v) is 20.7. The van der Waals surface area contributed by atoms with Gasteiger partial charge < -0.3 is 4.74 Å². The second kappa shape index (κ2) is 8.43. The van der Waals surface area contributed by atoms with Crippen LogP contribution in [0.15, 0.2) is 35.3 Å². The number of amides is 3. The fraction of sp³-hybridized carbons (Fsp3) is 0.375. The van der Waals surface area contributed by atoms with Crippen LogP contribution in [-0.4, -0.2) is 46.0 Å². The molecule has 0 saturated carbocycles. The molecule has 2 aromatic carbocycles. The first-order chi connectivity index (χ1) is 15.9. The summed E-state index contributed by atoms with van der Waals surface area (Å²) >= 11 is 0. The van der Waals surface area contributed by atoms with Crippen LogP contribution in [0.1, 0.15) is 43.9 Å². The van der Waals surface area contributed by atoms with Crippen LogP contribution in [0.25, 0.3) is 0 Å². The summed E-state index contributed by atoms with van der Waals surface area (Å²) in [5.74, 6) is 0.380. The first-order valence-corrected chi connectivity index (χ1v) is 12.8. The second-order valence-electron chi connectivity index (χ2n) is 9.53.